The van der Waals surface area contributed by atoms with E-state index in [0.717, 1.165) is 28.1 Å². The molecule has 0 aliphatic carbocycles. The van der Waals surface area contributed by atoms with Crippen LogP contribution in [0.5, 0.6) is 0 Å². The molecule has 0 bridgehead atoms. The molecule has 2 N–H and O–H groups in total. The lowest BCUT2D eigenvalue weighted by Gasteiger charge is -2.19. The number of carbonyl (C=O) groups excluding carboxylic acids is 3. The van der Waals surface area contributed by atoms with Crippen molar-refractivity contribution in [3.8, 4) is 0 Å². The van der Waals surface area contributed by atoms with Crippen molar-refractivity contribution in [3.63, 3.8) is 0 Å². The Labute approximate surface area is 158 Å². The summed E-state index contributed by atoms with van der Waals surface area (Å²) in [6.07, 6.45) is 0.0378. The molecule has 0 aromatic heterocycles. The van der Waals surface area contributed by atoms with Gasteiger partial charge in [-0.25, -0.2) is 0 Å². The van der Waals surface area contributed by atoms with E-state index in [1.165, 1.54) is 4.90 Å². The number of nitrogens with zero attached hydrogens (tertiary/aromatic N) is 1. The van der Waals surface area contributed by atoms with Crippen LogP contribution in [0.4, 0.5) is 11.4 Å². The zero-order valence-corrected chi connectivity index (χ0v) is 15.7. The van der Waals surface area contributed by atoms with Gasteiger partial charge in [-0.2, -0.15) is 0 Å². The van der Waals surface area contributed by atoms with Crippen LogP contribution >= 0.6 is 0 Å². The molecule has 6 heteroatoms. The zero-order valence-electron chi connectivity index (χ0n) is 15.7. The van der Waals surface area contributed by atoms with E-state index in [2.05, 4.69) is 10.6 Å². The van der Waals surface area contributed by atoms with Crippen molar-refractivity contribution in [2.24, 2.45) is 0 Å². The summed E-state index contributed by atoms with van der Waals surface area (Å²) in [4.78, 5) is 38.4. The van der Waals surface area contributed by atoms with E-state index in [9.17, 15) is 14.4 Å². The summed E-state index contributed by atoms with van der Waals surface area (Å²) >= 11 is 0. The van der Waals surface area contributed by atoms with Gasteiger partial charge in [-0.3, -0.25) is 14.4 Å². The van der Waals surface area contributed by atoms with Crippen molar-refractivity contribution < 1.29 is 14.4 Å². The molecule has 140 valence electrons. The quantitative estimate of drug-likeness (QED) is 0.855. The fourth-order valence-corrected chi connectivity index (χ4v) is 3.19. The molecular weight excluding hydrogens is 342 g/mol. The molecule has 0 saturated heterocycles. The van der Waals surface area contributed by atoms with Gasteiger partial charge in [-0.05, 0) is 42.7 Å². The summed E-state index contributed by atoms with van der Waals surface area (Å²) in [5, 5.41) is 5.63. The van der Waals surface area contributed by atoms with Gasteiger partial charge in [0.2, 0.25) is 17.7 Å². The molecule has 0 spiro atoms. The van der Waals surface area contributed by atoms with Crippen LogP contribution < -0.4 is 10.6 Å². The Balaban J connectivity index is 1.60. The largest absolute Gasteiger partial charge is 0.336 e. The van der Waals surface area contributed by atoms with Gasteiger partial charge < -0.3 is 15.5 Å². The number of amides is 3. The minimum Gasteiger partial charge on any atom is -0.336 e. The van der Waals surface area contributed by atoms with Crippen molar-refractivity contribution in [2.75, 3.05) is 24.2 Å². The summed E-state index contributed by atoms with van der Waals surface area (Å²) in [5.41, 5.74) is 4.40. The second-order valence-corrected chi connectivity index (χ2v) is 6.88. The van der Waals surface area contributed by atoms with Gasteiger partial charge in [0.15, 0.2) is 0 Å². The normalized spacial score (nSPS) is 15.1. The van der Waals surface area contributed by atoms with Gasteiger partial charge in [-0.15, -0.1) is 0 Å². The molecule has 0 fully saturated rings. The van der Waals surface area contributed by atoms with Crippen LogP contribution in [0.1, 0.15) is 29.0 Å². The first-order valence-electron chi connectivity index (χ1n) is 8.86. The summed E-state index contributed by atoms with van der Waals surface area (Å²) < 4.78 is 0. The third-order valence-electron chi connectivity index (χ3n) is 4.97. The maximum Gasteiger partial charge on any atom is 0.243 e. The summed E-state index contributed by atoms with van der Waals surface area (Å²) in [7, 11) is 1.57. The minimum absolute atomic E-state index is 0.0378. The summed E-state index contributed by atoms with van der Waals surface area (Å²) in [6.45, 7) is 3.85. The number of hydrogen-bond donors (Lipinski definition) is 2. The van der Waals surface area contributed by atoms with Crippen molar-refractivity contribution in [1.29, 1.82) is 0 Å². The number of anilines is 2. The van der Waals surface area contributed by atoms with Crippen LogP contribution in [-0.4, -0.2) is 36.2 Å². The highest BCUT2D eigenvalue weighted by Crippen LogP contribution is 2.34. The van der Waals surface area contributed by atoms with Crippen molar-refractivity contribution in [1.82, 2.24) is 4.90 Å². The van der Waals surface area contributed by atoms with E-state index in [-0.39, 0.29) is 30.7 Å². The molecule has 3 rings (SSSR count). The highest BCUT2D eigenvalue weighted by Gasteiger charge is 2.32. The Morgan fingerprint density at radius 3 is 2.63 bits per heavy atom. The number of likely N-dealkylation sites (N-methyl/N-ethyl adjacent to an activating group) is 1. The first-order valence-corrected chi connectivity index (χ1v) is 8.86. The van der Waals surface area contributed by atoms with Gasteiger partial charge in [0.25, 0.3) is 0 Å². The van der Waals surface area contributed by atoms with Gasteiger partial charge in [0.05, 0.1) is 12.5 Å². The smallest absolute Gasteiger partial charge is 0.243 e. The monoisotopic (exact) mass is 365 g/mol. The Hall–Kier alpha value is -3.15. The number of hydrogen-bond acceptors (Lipinski definition) is 3. The number of rotatable bonds is 5. The predicted molar refractivity (Wildman–Crippen MR) is 105 cm³/mol. The number of para-hydroxylation sites is 1. The SMILES string of the molecule is Cc1cccc(NC(=O)CN(C)C(=O)C[C@@H]2C(=O)Nc3ccccc32)c1C. The highest BCUT2D eigenvalue weighted by atomic mass is 16.2. The van der Waals surface area contributed by atoms with E-state index in [1.807, 2.05) is 56.3 Å². The maximum atomic E-state index is 12.5. The summed E-state index contributed by atoms with van der Waals surface area (Å²) in [5.74, 6) is -1.21. The molecule has 0 radical (unpaired) electrons. The average molecular weight is 365 g/mol. The van der Waals surface area contributed by atoms with E-state index in [0.29, 0.717) is 0 Å². The van der Waals surface area contributed by atoms with Crippen LogP contribution in [0, 0.1) is 13.8 Å². The molecule has 3 amide bonds. The minimum atomic E-state index is -0.516. The molecule has 27 heavy (non-hydrogen) atoms. The molecule has 0 unspecified atom stereocenters. The van der Waals surface area contributed by atoms with Crippen LogP contribution in [0.3, 0.4) is 0 Å². The topological polar surface area (TPSA) is 78.5 Å². The van der Waals surface area contributed by atoms with E-state index in [4.69, 9.17) is 0 Å². The lowest BCUT2D eigenvalue weighted by atomic mass is 9.97. The Morgan fingerprint density at radius 2 is 1.85 bits per heavy atom. The fourth-order valence-electron chi connectivity index (χ4n) is 3.19. The Kier molecular flexibility index (Phi) is 5.26. The summed E-state index contributed by atoms with van der Waals surface area (Å²) in [6, 6.07) is 13.0. The molecule has 1 atom stereocenters. The average Bonchev–Trinajstić information content (AvgIpc) is 2.94. The van der Waals surface area contributed by atoms with Gasteiger partial charge in [0.1, 0.15) is 0 Å². The molecule has 2 aromatic rings. The maximum absolute atomic E-state index is 12.5. The van der Waals surface area contributed by atoms with Crippen molar-refractivity contribution >= 4 is 29.1 Å². The third-order valence-corrected chi connectivity index (χ3v) is 4.97. The second kappa shape index (κ2) is 7.61. The van der Waals surface area contributed by atoms with Crippen LogP contribution in [-0.2, 0) is 14.4 Å². The lowest BCUT2D eigenvalue weighted by Crippen LogP contribution is -2.36. The number of nitrogens with one attached hydrogen (secondary N) is 2. The molecule has 6 nitrogen and oxygen atoms in total. The number of fused-ring (bicyclic) bond motifs is 1. The molecule has 1 aliphatic rings. The van der Waals surface area contributed by atoms with E-state index >= 15 is 0 Å². The van der Waals surface area contributed by atoms with E-state index < -0.39 is 5.92 Å². The van der Waals surface area contributed by atoms with Gasteiger partial charge in [0, 0.05) is 24.8 Å². The predicted octanol–water partition coefficient (Wildman–Crippen LogP) is 2.83. The highest BCUT2D eigenvalue weighted by molar-refractivity contribution is 6.05. The van der Waals surface area contributed by atoms with Gasteiger partial charge >= 0.3 is 0 Å². The Bertz CT molecular complexity index is 907. The molecule has 1 heterocycles. The van der Waals surface area contributed by atoms with Gasteiger partial charge in [-0.1, -0.05) is 30.3 Å². The van der Waals surface area contributed by atoms with E-state index in [1.54, 1.807) is 7.05 Å². The first-order chi connectivity index (χ1) is 12.9. The van der Waals surface area contributed by atoms with Crippen molar-refractivity contribution in [3.05, 3.63) is 59.2 Å². The van der Waals surface area contributed by atoms with Crippen molar-refractivity contribution in [2.45, 2.75) is 26.2 Å². The molecule has 2 aromatic carbocycles. The zero-order chi connectivity index (χ0) is 19.6. The molecular formula is C21H23N3O3. The number of benzene rings is 2. The Morgan fingerprint density at radius 1 is 1.11 bits per heavy atom. The first kappa shape index (κ1) is 18.6. The number of carbonyl (C=O) groups is 3. The number of aryl methyl sites for hydroxylation is 1. The van der Waals surface area contributed by atoms with Crippen LogP contribution in [0.15, 0.2) is 42.5 Å². The molecule has 0 saturated carbocycles. The fraction of sp³-hybridized carbons (Fsp3) is 0.286. The lowest BCUT2D eigenvalue weighted by molar-refractivity contribution is -0.134. The molecule has 1 aliphatic heterocycles. The third kappa shape index (κ3) is 4.00. The van der Waals surface area contributed by atoms with Crippen LogP contribution in [0.25, 0.3) is 0 Å². The van der Waals surface area contributed by atoms with Crippen LogP contribution in [0.2, 0.25) is 0 Å². The second-order valence-electron chi connectivity index (χ2n) is 6.88. The standard InChI is InChI=1S/C21H23N3O3/c1-13-7-6-10-17(14(13)2)22-19(25)12-24(3)20(26)11-16-15-8-4-5-9-18(15)23-21(16)27/h4-10,16H,11-12H2,1-3H3,(H,22,25)(H,23,27)/t16-/m0/s1.